The molecule has 132 heavy (non-hydrogen) atoms. The molecule has 30 rings (SSSR count). The van der Waals surface area contributed by atoms with E-state index in [1.54, 1.807) is 42.1 Å². The first-order valence-corrected chi connectivity index (χ1v) is 49.3. The van der Waals surface area contributed by atoms with Crippen molar-refractivity contribution in [1.82, 2.24) is 101 Å². The van der Waals surface area contributed by atoms with E-state index >= 15 is 0 Å². The Hall–Kier alpha value is -11.5. The second kappa shape index (κ2) is 35.5. The Labute approximate surface area is 780 Å². The lowest BCUT2D eigenvalue weighted by Gasteiger charge is -2.47. The van der Waals surface area contributed by atoms with Gasteiger partial charge in [-0.05, 0) is 357 Å². The Balaban J connectivity index is 0.0000000999. The molecule has 16 heterocycles. The SMILES string of the molecule is CC1C2CCC(CC2)C1Cc1cc(-c2cc3ccccc3s2)nc(-c2[nH]nc3nc(Cl)ccc23)n1.CC1C2CCC(CC2)C1Cc1cc(-c2ccc(C3CC3)o2)nc(-c2[nH]nc3nc(Cl)ccc23)n1.CC1C2CCC(CC2)C1Cc1cc(-c2ccco2)nc(-c2[nH]nc3nc(Cl)ccc23)n1.CC1C2CCC(CC2)C1Cc1cc(-c2ccco2)nc(-c2[nH]nc3nc(F)c(F)cc23)n1. The third-order valence-electron chi connectivity index (χ3n) is 31.8. The fourth-order valence-corrected chi connectivity index (χ4v) is 25.9. The second-order valence-electron chi connectivity index (χ2n) is 39.0. The van der Waals surface area contributed by atoms with E-state index in [1.165, 1.54) is 131 Å². The largest absolute Gasteiger partial charge is 0.463 e. The monoisotopic (exact) mass is 1840 g/mol. The number of hydrogen-bond acceptors (Lipinski definition) is 20. The van der Waals surface area contributed by atoms with Crippen LogP contribution in [0.1, 0.15) is 178 Å². The van der Waals surface area contributed by atoms with E-state index < -0.39 is 11.8 Å². The Bertz CT molecular complexity index is 7050. The van der Waals surface area contributed by atoms with Crippen molar-refractivity contribution in [2.24, 2.45) is 94.7 Å². The van der Waals surface area contributed by atoms with Gasteiger partial charge in [-0.15, -0.1) is 11.3 Å². The summed E-state index contributed by atoms with van der Waals surface area (Å²) in [6.45, 7) is 9.74. The number of hydrogen-bond donors (Lipinski definition) is 4. The van der Waals surface area contributed by atoms with Gasteiger partial charge in [0.1, 0.15) is 61.1 Å². The molecule has 0 spiro atoms. The topological polar surface area (TPSA) is 309 Å². The lowest BCUT2D eigenvalue weighted by Crippen LogP contribution is -2.39. The number of nitrogens with zero attached hydrogens (tertiary/aromatic N) is 16. The molecular weight excluding hydrogens is 1740 g/mol. The predicted molar refractivity (Wildman–Crippen MR) is 508 cm³/mol. The number of rotatable bonds is 17. The van der Waals surface area contributed by atoms with E-state index in [2.05, 4.69) is 154 Å². The van der Waals surface area contributed by atoms with Gasteiger partial charge in [-0.25, -0.2) is 59.2 Å². The minimum atomic E-state index is -1.18. The first-order chi connectivity index (χ1) is 64.5. The van der Waals surface area contributed by atoms with E-state index in [1.807, 2.05) is 48.5 Å². The minimum absolute atomic E-state index is 0.0886. The summed E-state index contributed by atoms with van der Waals surface area (Å²) in [5.41, 5.74) is 12.0. The smallest absolute Gasteiger partial charge is 0.251 e. The molecule has 23 nitrogen and oxygen atoms in total. The molecule has 13 fully saturated rings. The van der Waals surface area contributed by atoms with Crippen molar-refractivity contribution in [3.05, 3.63) is 202 Å². The van der Waals surface area contributed by atoms with Gasteiger partial charge in [-0.1, -0.05) is 80.7 Å². The number of H-pyrrole nitrogens is 4. The normalized spacial score (nSPS) is 25.2. The standard InChI is InChI=1S/C28H26ClN5S.C27H28ClN5O.C24H24ClN5O.C24H23F2N5O/c1-15-16-6-8-17(9-7-16)21(15)13-19-14-22(24-12-18-4-2-3-5-23(18)35-24)31-28(30-19)26-20-10-11-25(29)32-27(20)34-33-26;1-14-15-2-4-16(5-3-15)20(14)12-18-13-21(23-10-9-22(34-23)17-6-7-17)30-27(29-18)25-19-8-11-24(28)31-26(19)33-32-25;1-13-14-4-6-15(7-5-14)18(13)11-16-12-19(20-3-2-10-31-20)27-24(26-16)22-17-8-9-21(25)28-23(17)30-29-22;1-12-13-4-6-14(7-5-13)16(12)9-15-10-19(20-3-2-8-32-20)28-24(27-15)21-17-11-18(25)22(26)29-23(17)31-30-21/h2-5,10-12,14-17,21H,6-9,13H2,1H3,(H,32,33,34);8-11,13-17,20H,2-7,12H2,1H3,(H,31,32,33);2-3,8-10,12-15,18H,4-7,11H2,1H3,(H,28,29,30);2-3,8,10-14,16H,4-7,9H2,1H3,(H,29,30,31). The van der Waals surface area contributed by atoms with Crippen LogP contribution in [0.5, 0.6) is 0 Å². The molecule has 13 aliphatic rings. The van der Waals surface area contributed by atoms with Gasteiger partial charge in [0.2, 0.25) is 0 Å². The van der Waals surface area contributed by atoms with Crippen LogP contribution in [0.3, 0.4) is 0 Å². The Morgan fingerprint density at radius 1 is 0.341 bits per heavy atom. The summed E-state index contributed by atoms with van der Waals surface area (Å²) in [7, 11) is 0. The first kappa shape index (κ1) is 84.8. The van der Waals surface area contributed by atoms with Crippen LogP contribution in [0.15, 0.2) is 159 Å². The highest BCUT2D eigenvalue weighted by Gasteiger charge is 2.46. The maximum atomic E-state index is 13.9. The third kappa shape index (κ3) is 16.8. The average Bonchev–Trinajstić information content (AvgIpc) is 0.874. The van der Waals surface area contributed by atoms with E-state index in [0.29, 0.717) is 114 Å². The molecule has 17 aromatic rings. The van der Waals surface area contributed by atoms with Crippen LogP contribution >= 0.6 is 46.1 Å². The molecule has 0 aliphatic heterocycles. The average molecular weight is 1840 g/mol. The molecule has 13 saturated carbocycles. The first-order valence-electron chi connectivity index (χ1n) is 47.4. The summed E-state index contributed by atoms with van der Waals surface area (Å²) in [6.07, 6.45) is 31.4. The highest BCUT2D eigenvalue weighted by Crippen LogP contribution is 2.55. The zero-order chi connectivity index (χ0) is 89.1. The van der Waals surface area contributed by atoms with Crippen LogP contribution in [-0.2, 0) is 25.7 Å². The van der Waals surface area contributed by atoms with Gasteiger partial charge < -0.3 is 13.3 Å². The molecule has 8 unspecified atom stereocenters. The van der Waals surface area contributed by atoms with E-state index in [-0.39, 0.29) is 5.65 Å². The minimum Gasteiger partial charge on any atom is -0.463 e. The quantitative estimate of drug-likeness (QED) is 0.0616. The second-order valence-corrected chi connectivity index (χ2v) is 41.2. The van der Waals surface area contributed by atoms with Gasteiger partial charge in [0, 0.05) is 33.4 Å². The molecule has 8 atom stereocenters. The van der Waals surface area contributed by atoms with Gasteiger partial charge >= 0.3 is 0 Å². The summed E-state index contributed by atoms with van der Waals surface area (Å²) in [6, 6.07) is 43.0. The van der Waals surface area contributed by atoms with E-state index in [9.17, 15) is 8.78 Å². The van der Waals surface area contributed by atoms with Crippen molar-refractivity contribution >= 4 is 100 Å². The van der Waals surface area contributed by atoms with Gasteiger partial charge in [0.05, 0.1) is 44.6 Å². The molecule has 29 heteroatoms. The number of fused-ring (bicyclic) bond motifs is 17. The van der Waals surface area contributed by atoms with Crippen LogP contribution in [0.25, 0.3) is 145 Å². The number of thiophene rings is 1. The molecule has 0 saturated heterocycles. The number of pyridine rings is 4. The molecular formula is C103H101Cl3F2N20O3S. The fourth-order valence-electron chi connectivity index (χ4n) is 24.5. The van der Waals surface area contributed by atoms with Gasteiger partial charge in [0.25, 0.3) is 5.95 Å². The lowest BCUT2D eigenvalue weighted by atomic mass is 9.58. The van der Waals surface area contributed by atoms with Crippen LogP contribution in [-0.4, -0.2) is 101 Å². The van der Waals surface area contributed by atoms with E-state index in [4.69, 9.17) is 82.9 Å². The molecule has 672 valence electrons. The number of nitrogens with one attached hydrogen (secondary N) is 4. The van der Waals surface area contributed by atoms with Gasteiger partial charge in [0.15, 0.2) is 69.0 Å². The molecule has 0 amide bonds. The van der Waals surface area contributed by atoms with Crippen LogP contribution in [0, 0.1) is 106 Å². The summed E-state index contributed by atoms with van der Waals surface area (Å²) >= 11 is 20.0. The van der Waals surface area contributed by atoms with Crippen molar-refractivity contribution in [2.75, 3.05) is 0 Å². The summed E-state index contributed by atoms with van der Waals surface area (Å²) < 4.78 is 46.2. The predicted octanol–water partition coefficient (Wildman–Crippen LogP) is 25.9. The third-order valence-corrected chi connectivity index (χ3v) is 33.6. The van der Waals surface area contributed by atoms with Crippen molar-refractivity contribution in [3.8, 4) is 91.0 Å². The van der Waals surface area contributed by atoms with Crippen LogP contribution in [0.2, 0.25) is 15.5 Å². The maximum absolute atomic E-state index is 13.9. The van der Waals surface area contributed by atoms with Crippen LogP contribution in [0.4, 0.5) is 8.78 Å². The van der Waals surface area contributed by atoms with Gasteiger partial charge in [-0.2, -0.15) is 29.8 Å². The summed E-state index contributed by atoms with van der Waals surface area (Å²) in [5.74, 6) is 16.1. The molecule has 8 bridgehead atoms. The van der Waals surface area contributed by atoms with Crippen molar-refractivity contribution in [2.45, 2.75) is 175 Å². The van der Waals surface area contributed by atoms with Gasteiger partial charge in [-0.3, -0.25) is 20.4 Å². The zero-order valence-corrected chi connectivity index (χ0v) is 77.0. The molecule has 1 aromatic carbocycles. The lowest BCUT2D eigenvalue weighted by molar-refractivity contribution is 0.0339. The zero-order valence-electron chi connectivity index (χ0n) is 73.9. The number of halogens is 5. The Kier molecular flexibility index (Phi) is 22.8. The molecule has 16 aromatic heterocycles. The van der Waals surface area contributed by atoms with Crippen molar-refractivity contribution in [1.29, 1.82) is 0 Å². The highest BCUT2D eigenvalue weighted by atomic mass is 35.5. The summed E-state index contributed by atoms with van der Waals surface area (Å²) in [4.78, 5) is 57.2. The fraction of sp³-hybridized carbons (Fsp3) is 0.417. The molecule has 13 aliphatic carbocycles. The molecule has 4 N–H and O–H groups in total. The Morgan fingerprint density at radius 3 is 1.07 bits per heavy atom. The van der Waals surface area contributed by atoms with Crippen molar-refractivity contribution in [3.63, 3.8) is 0 Å². The highest BCUT2D eigenvalue weighted by molar-refractivity contribution is 7.22. The number of furan rings is 3. The molecule has 0 radical (unpaired) electrons. The van der Waals surface area contributed by atoms with Crippen LogP contribution < -0.4 is 0 Å². The maximum Gasteiger partial charge on any atom is 0.251 e. The number of aromatic nitrogens is 20. The summed E-state index contributed by atoms with van der Waals surface area (Å²) in [5, 5.41) is 34.7. The number of benzene rings is 1. The number of aromatic amines is 4. The Morgan fingerprint density at radius 2 is 0.697 bits per heavy atom. The van der Waals surface area contributed by atoms with Crippen molar-refractivity contribution < 1.29 is 22.0 Å². The van der Waals surface area contributed by atoms with E-state index in [0.717, 1.165) is 187 Å².